The van der Waals surface area contributed by atoms with Gasteiger partial charge in [0.15, 0.2) is 0 Å². The highest BCUT2D eigenvalue weighted by molar-refractivity contribution is 7.92. The van der Waals surface area contributed by atoms with Crippen LogP contribution in [0.15, 0.2) is 60.7 Å². The summed E-state index contributed by atoms with van der Waals surface area (Å²) < 4.78 is 42.9. The number of rotatable bonds is 8. The van der Waals surface area contributed by atoms with Crippen molar-refractivity contribution in [3.63, 3.8) is 0 Å². The van der Waals surface area contributed by atoms with E-state index in [-0.39, 0.29) is 32.9 Å². The largest absolute Gasteiger partial charge is 0.339 e. The molecule has 2 atom stereocenters. The number of carbonyl (C=O) groups excluding carboxylic acids is 1. The summed E-state index contributed by atoms with van der Waals surface area (Å²) >= 11 is 12.7. The van der Waals surface area contributed by atoms with Crippen molar-refractivity contribution < 1.29 is 17.6 Å². The van der Waals surface area contributed by atoms with Crippen molar-refractivity contribution in [3.8, 4) is 0 Å². The van der Waals surface area contributed by atoms with E-state index in [1.54, 1.807) is 17.0 Å². The number of hydrogen-bond acceptors (Lipinski definition) is 5. The van der Waals surface area contributed by atoms with Gasteiger partial charge in [-0.2, -0.15) is 0 Å². The van der Waals surface area contributed by atoms with E-state index in [0.29, 0.717) is 49.6 Å². The topological polar surface area (TPSA) is 87.5 Å². The second-order valence-electron chi connectivity index (χ2n) is 13.8. The van der Waals surface area contributed by atoms with E-state index in [9.17, 15) is 17.6 Å². The van der Waals surface area contributed by atoms with Gasteiger partial charge in [-0.1, -0.05) is 47.5 Å². The average Bonchev–Trinajstić information content (AvgIpc) is 3.51. The van der Waals surface area contributed by atoms with Gasteiger partial charge in [-0.25, -0.2) is 17.8 Å². The Hall–Kier alpha value is -3.18. The number of sulfonamides is 1. The molecule has 7 rings (SSSR count). The predicted octanol–water partition coefficient (Wildman–Crippen LogP) is 7.59. The maximum absolute atomic E-state index is 14.6. The number of fused-ring (bicyclic) bond motifs is 3. The van der Waals surface area contributed by atoms with Crippen molar-refractivity contribution in [2.45, 2.75) is 75.4 Å². The molecule has 4 aromatic rings. The number of anilines is 1. The van der Waals surface area contributed by atoms with E-state index in [0.717, 1.165) is 49.0 Å². The molecule has 48 heavy (non-hydrogen) atoms. The molecule has 254 valence electrons. The van der Waals surface area contributed by atoms with Gasteiger partial charge in [0, 0.05) is 36.8 Å². The Labute approximate surface area is 291 Å². The van der Waals surface area contributed by atoms with Crippen molar-refractivity contribution in [1.29, 1.82) is 0 Å². The number of imidazole rings is 1. The summed E-state index contributed by atoms with van der Waals surface area (Å²) in [5.41, 5.74) is 3.32. The Morgan fingerprint density at radius 2 is 1.65 bits per heavy atom. The molecule has 1 amide bonds. The van der Waals surface area contributed by atoms with E-state index in [4.69, 9.17) is 28.2 Å². The number of carbonyl (C=O) groups is 1. The monoisotopic (exact) mass is 711 g/mol. The van der Waals surface area contributed by atoms with Crippen LogP contribution in [0.25, 0.3) is 11.0 Å². The SMILES string of the molecule is Cc1nc2ccccc2n1C1CC2CCC(C1)N2CCC1(c2cccc(F)c2)CCN(C(=O)c2cc(Cl)c(NS(C)(=O)=O)c(Cl)c2)CC1. The third-order valence-electron chi connectivity index (χ3n) is 10.9. The zero-order valence-electron chi connectivity index (χ0n) is 27.1. The molecule has 0 saturated carbocycles. The van der Waals surface area contributed by atoms with Crippen LogP contribution < -0.4 is 4.72 Å². The third-order valence-corrected chi connectivity index (χ3v) is 12.0. The van der Waals surface area contributed by atoms with Crippen LogP contribution in [-0.2, 0) is 15.4 Å². The van der Waals surface area contributed by atoms with Crippen LogP contribution in [0.1, 0.15) is 72.7 Å². The molecular weight excluding hydrogens is 672 g/mol. The molecule has 1 N–H and O–H groups in total. The second-order valence-corrected chi connectivity index (χ2v) is 16.4. The number of halogens is 3. The van der Waals surface area contributed by atoms with Crippen molar-refractivity contribution in [2.24, 2.45) is 0 Å². The normalized spacial score (nSPS) is 22.7. The van der Waals surface area contributed by atoms with Crippen LogP contribution in [0.3, 0.4) is 0 Å². The summed E-state index contributed by atoms with van der Waals surface area (Å²) in [4.78, 5) is 23.0. The minimum Gasteiger partial charge on any atom is -0.339 e. The number of aromatic nitrogens is 2. The molecule has 0 spiro atoms. The standard InChI is InChI=1S/C36H40Cl2FN5O3S/c1-23-40-32-8-3-4-9-33(32)44(23)29-21-27-10-11-28(22-29)43(27)17-14-36(25-6-5-7-26(39)20-25)12-15-42(16-13-36)35(45)24-18-30(37)34(31(38)19-24)41-48(2,46)47/h3-9,18-20,27-29,41H,10-17,21-22H2,1-2H3. The summed E-state index contributed by atoms with van der Waals surface area (Å²) in [6.45, 7) is 4.03. The smallest absolute Gasteiger partial charge is 0.253 e. The van der Waals surface area contributed by atoms with Crippen LogP contribution in [-0.4, -0.2) is 71.6 Å². The summed E-state index contributed by atoms with van der Waals surface area (Å²) in [6.07, 6.45) is 7.85. The molecule has 3 saturated heterocycles. The number of nitrogens with one attached hydrogen (secondary N) is 1. The minimum atomic E-state index is -3.61. The van der Waals surface area contributed by atoms with Gasteiger partial charge in [0.25, 0.3) is 5.91 Å². The van der Waals surface area contributed by atoms with E-state index >= 15 is 0 Å². The molecule has 12 heteroatoms. The first-order valence-electron chi connectivity index (χ1n) is 16.6. The van der Waals surface area contributed by atoms with Crippen LogP contribution in [0, 0.1) is 12.7 Å². The summed E-state index contributed by atoms with van der Waals surface area (Å²) in [5, 5.41) is 0.106. The van der Waals surface area contributed by atoms with Crippen molar-refractivity contribution >= 4 is 55.9 Å². The lowest BCUT2D eigenvalue weighted by Crippen LogP contribution is -2.49. The highest BCUT2D eigenvalue weighted by Gasteiger charge is 2.44. The summed E-state index contributed by atoms with van der Waals surface area (Å²) in [7, 11) is -3.61. The molecule has 1 aromatic heterocycles. The summed E-state index contributed by atoms with van der Waals surface area (Å²) in [6, 6.07) is 19.7. The number of nitrogens with zero attached hydrogens (tertiary/aromatic N) is 4. The van der Waals surface area contributed by atoms with Crippen molar-refractivity contribution in [1.82, 2.24) is 19.4 Å². The lowest BCUT2D eigenvalue weighted by molar-refractivity contribution is 0.0606. The lowest BCUT2D eigenvalue weighted by Gasteiger charge is -2.45. The van der Waals surface area contributed by atoms with Crippen LogP contribution in [0.2, 0.25) is 10.0 Å². The fourth-order valence-electron chi connectivity index (χ4n) is 8.59. The zero-order valence-corrected chi connectivity index (χ0v) is 29.5. The molecule has 0 radical (unpaired) electrons. The van der Waals surface area contributed by atoms with Gasteiger partial charge in [-0.05, 0) is 106 Å². The van der Waals surface area contributed by atoms with Crippen LogP contribution in [0.5, 0.6) is 0 Å². The molecule has 3 aliphatic rings. The van der Waals surface area contributed by atoms with Gasteiger partial charge >= 0.3 is 0 Å². The van der Waals surface area contributed by atoms with Gasteiger partial charge in [-0.3, -0.25) is 14.4 Å². The number of hydrogen-bond donors (Lipinski definition) is 1. The highest BCUT2D eigenvalue weighted by Crippen LogP contribution is 2.45. The maximum Gasteiger partial charge on any atom is 0.253 e. The Bertz CT molecular complexity index is 1940. The Morgan fingerprint density at radius 1 is 0.979 bits per heavy atom. The molecule has 8 nitrogen and oxygen atoms in total. The lowest BCUT2D eigenvalue weighted by atomic mass is 9.70. The van der Waals surface area contributed by atoms with E-state index in [2.05, 4.69) is 39.3 Å². The third kappa shape index (κ3) is 6.44. The van der Waals surface area contributed by atoms with Gasteiger partial charge in [0.1, 0.15) is 11.6 Å². The average molecular weight is 713 g/mol. The van der Waals surface area contributed by atoms with Gasteiger partial charge < -0.3 is 9.47 Å². The molecule has 3 aromatic carbocycles. The van der Waals surface area contributed by atoms with E-state index in [1.165, 1.54) is 36.6 Å². The van der Waals surface area contributed by atoms with Gasteiger partial charge in [0.05, 0.1) is 33.0 Å². The minimum absolute atomic E-state index is 0.0488. The zero-order chi connectivity index (χ0) is 33.8. The first-order valence-corrected chi connectivity index (χ1v) is 19.3. The first kappa shape index (κ1) is 33.3. The number of benzene rings is 3. The molecular formula is C36H40Cl2FN5O3S. The predicted molar refractivity (Wildman–Crippen MR) is 189 cm³/mol. The summed E-state index contributed by atoms with van der Waals surface area (Å²) in [5.74, 6) is 0.604. The van der Waals surface area contributed by atoms with Gasteiger partial charge in [-0.15, -0.1) is 0 Å². The Kier molecular flexibility index (Phi) is 8.98. The van der Waals surface area contributed by atoms with Gasteiger partial charge in [0.2, 0.25) is 10.0 Å². The number of likely N-dealkylation sites (tertiary alicyclic amines) is 1. The number of aryl methyl sites for hydroxylation is 1. The number of para-hydroxylation sites is 2. The highest BCUT2D eigenvalue weighted by atomic mass is 35.5. The second kappa shape index (κ2) is 12.9. The van der Waals surface area contributed by atoms with E-state index < -0.39 is 10.0 Å². The Morgan fingerprint density at radius 3 is 2.29 bits per heavy atom. The molecule has 3 fully saturated rings. The Balaban J connectivity index is 1.07. The molecule has 3 aliphatic heterocycles. The van der Waals surface area contributed by atoms with Crippen molar-refractivity contribution in [2.75, 3.05) is 30.6 Å². The molecule has 4 heterocycles. The first-order chi connectivity index (χ1) is 22.9. The quantitative estimate of drug-likeness (QED) is 0.204. The van der Waals surface area contributed by atoms with E-state index in [1.807, 2.05) is 12.1 Å². The van der Waals surface area contributed by atoms with Crippen LogP contribution in [0.4, 0.5) is 10.1 Å². The maximum atomic E-state index is 14.6. The molecule has 2 unspecified atom stereocenters. The number of piperidine rings is 2. The number of amides is 1. The van der Waals surface area contributed by atoms with Crippen LogP contribution >= 0.6 is 23.2 Å². The fourth-order valence-corrected chi connectivity index (χ4v) is 9.88. The fraction of sp³-hybridized carbons (Fsp3) is 0.444. The van der Waals surface area contributed by atoms with Crippen molar-refractivity contribution in [3.05, 3.63) is 93.5 Å². The molecule has 2 bridgehead atoms. The molecule has 0 aliphatic carbocycles.